The van der Waals surface area contributed by atoms with Crippen LogP contribution in [-0.4, -0.2) is 9.13 Å². The van der Waals surface area contributed by atoms with Gasteiger partial charge in [-0.3, -0.25) is 0 Å². The van der Waals surface area contributed by atoms with Gasteiger partial charge in [0, 0.05) is 38.3 Å². The summed E-state index contributed by atoms with van der Waals surface area (Å²) < 4.78 is 4.86. The monoisotopic (exact) mass is 676 g/mol. The third-order valence-corrected chi connectivity index (χ3v) is 11.7. The van der Waals surface area contributed by atoms with Gasteiger partial charge in [-0.25, -0.2) is 0 Å². The molecule has 0 spiro atoms. The van der Waals surface area contributed by atoms with Crippen molar-refractivity contribution >= 4 is 43.6 Å². The van der Waals surface area contributed by atoms with Crippen LogP contribution in [0.3, 0.4) is 0 Å². The Morgan fingerprint density at radius 2 is 0.868 bits per heavy atom. The van der Waals surface area contributed by atoms with Crippen LogP contribution < -0.4 is 0 Å². The van der Waals surface area contributed by atoms with Gasteiger partial charge >= 0.3 is 0 Å². The van der Waals surface area contributed by atoms with Crippen LogP contribution in [0.4, 0.5) is 0 Å². The molecule has 8 aromatic carbocycles. The van der Waals surface area contributed by atoms with Gasteiger partial charge in [0.05, 0.1) is 22.1 Å². The van der Waals surface area contributed by atoms with Crippen molar-refractivity contribution in [1.29, 1.82) is 0 Å². The second-order valence-electron chi connectivity index (χ2n) is 15.0. The van der Waals surface area contributed by atoms with E-state index in [1.165, 1.54) is 93.8 Å². The largest absolute Gasteiger partial charge is 0.309 e. The highest BCUT2D eigenvalue weighted by atomic mass is 15.0. The van der Waals surface area contributed by atoms with E-state index >= 15 is 0 Å². The first-order valence-electron chi connectivity index (χ1n) is 18.5. The number of nitrogens with zero attached hydrogens (tertiary/aromatic N) is 2. The zero-order valence-electron chi connectivity index (χ0n) is 29.7. The van der Waals surface area contributed by atoms with Crippen LogP contribution in [0.1, 0.15) is 25.0 Å². The van der Waals surface area contributed by atoms with Crippen molar-refractivity contribution in [1.82, 2.24) is 9.13 Å². The number of aromatic nitrogens is 2. The Bertz CT molecular complexity index is 3070. The maximum Gasteiger partial charge on any atom is 0.0547 e. The minimum absolute atomic E-state index is 0.0707. The van der Waals surface area contributed by atoms with Crippen LogP contribution in [0.15, 0.2) is 182 Å². The number of benzene rings is 8. The predicted octanol–water partition coefficient (Wildman–Crippen LogP) is 13.5. The molecule has 1 aliphatic carbocycles. The maximum absolute atomic E-state index is 2.48. The van der Waals surface area contributed by atoms with Crippen molar-refractivity contribution < 1.29 is 0 Å². The third-order valence-electron chi connectivity index (χ3n) is 11.7. The highest BCUT2D eigenvalue weighted by Crippen LogP contribution is 2.51. The van der Waals surface area contributed by atoms with Crippen molar-refractivity contribution in [3.8, 4) is 44.8 Å². The molecule has 0 N–H and O–H groups in total. The third kappa shape index (κ3) is 4.39. The first-order chi connectivity index (χ1) is 26.0. The lowest BCUT2D eigenvalue weighted by atomic mass is 9.82. The summed E-state index contributed by atoms with van der Waals surface area (Å²) in [6.45, 7) is 4.74. The van der Waals surface area contributed by atoms with E-state index in [0.29, 0.717) is 0 Å². The second kappa shape index (κ2) is 11.2. The number of hydrogen-bond donors (Lipinski definition) is 0. The molecule has 2 heteroatoms. The highest BCUT2D eigenvalue weighted by Gasteiger charge is 2.36. The molecule has 0 fully saturated rings. The minimum Gasteiger partial charge on any atom is -0.309 e. The van der Waals surface area contributed by atoms with E-state index in [4.69, 9.17) is 0 Å². The van der Waals surface area contributed by atoms with Gasteiger partial charge in [-0.2, -0.15) is 0 Å². The smallest absolute Gasteiger partial charge is 0.0547 e. The van der Waals surface area contributed by atoms with Gasteiger partial charge in [-0.1, -0.05) is 129 Å². The lowest BCUT2D eigenvalue weighted by Gasteiger charge is -2.21. The molecule has 2 aromatic heterocycles. The van der Waals surface area contributed by atoms with E-state index < -0.39 is 0 Å². The summed E-state index contributed by atoms with van der Waals surface area (Å²) in [4.78, 5) is 0. The first-order valence-corrected chi connectivity index (χ1v) is 18.5. The Labute approximate surface area is 308 Å². The van der Waals surface area contributed by atoms with E-state index in [1.54, 1.807) is 0 Å². The zero-order valence-corrected chi connectivity index (χ0v) is 29.7. The van der Waals surface area contributed by atoms with Gasteiger partial charge in [0.25, 0.3) is 0 Å². The Morgan fingerprint density at radius 1 is 0.321 bits per heavy atom. The fraction of sp³-hybridized carbons (Fsp3) is 0.0588. The molecule has 0 bridgehead atoms. The van der Waals surface area contributed by atoms with E-state index in [1.807, 2.05) is 0 Å². The molecule has 2 nitrogen and oxygen atoms in total. The van der Waals surface area contributed by atoms with Gasteiger partial charge in [0.2, 0.25) is 0 Å². The average molecular weight is 677 g/mol. The molecule has 0 radical (unpaired) electrons. The quantitative estimate of drug-likeness (QED) is 0.176. The Kier molecular flexibility index (Phi) is 6.33. The van der Waals surface area contributed by atoms with Gasteiger partial charge < -0.3 is 9.13 Å². The summed E-state index contributed by atoms with van der Waals surface area (Å²) >= 11 is 0. The van der Waals surface area contributed by atoms with Crippen LogP contribution in [0, 0.1) is 0 Å². The van der Waals surface area contributed by atoms with Gasteiger partial charge in [-0.15, -0.1) is 0 Å². The fourth-order valence-electron chi connectivity index (χ4n) is 9.13. The summed E-state index contributed by atoms with van der Waals surface area (Å²) in [6, 6.07) is 67.1. The summed E-state index contributed by atoms with van der Waals surface area (Å²) in [7, 11) is 0. The number of hydrogen-bond acceptors (Lipinski definition) is 0. The fourth-order valence-corrected chi connectivity index (χ4v) is 9.13. The average Bonchev–Trinajstić information content (AvgIpc) is 3.80. The van der Waals surface area contributed by atoms with Crippen LogP contribution in [0.5, 0.6) is 0 Å². The Balaban J connectivity index is 1.12. The van der Waals surface area contributed by atoms with Crippen molar-refractivity contribution in [3.05, 3.63) is 193 Å². The summed E-state index contributed by atoms with van der Waals surface area (Å²) in [5.41, 5.74) is 17.5. The molecule has 10 aromatic rings. The molecule has 1 aliphatic rings. The topological polar surface area (TPSA) is 9.86 Å². The SMILES string of the molecule is CC1(C)c2ccccc2-c2cc3c(cc21)c1cc(-c2ccc4c(c2)c2ccccc2n4-c2cccc(-c4ccccc4)c2)ccc1n3-c1ccccc1. The summed E-state index contributed by atoms with van der Waals surface area (Å²) in [6.07, 6.45) is 0. The van der Waals surface area contributed by atoms with Gasteiger partial charge in [-0.05, 0) is 111 Å². The molecule has 11 rings (SSSR count). The molecular weight excluding hydrogens is 641 g/mol. The van der Waals surface area contributed by atoms with E-state index in [0.717, 1.165) is 5.69 Å². The normalized spacial score (nSPS) is 13.2. The standard InChI is InChI=1S/C51H36N2/c1-51(2)45-22-11-9-20-39(45)41-32-50-44(31-46(41)51)43-30-36(25-27-49(43)52(50)37-17-7-4-8-18-37)35-24-26-48-42(29-35)40-21-10-12-23-47(40)53(48)38-19-13-16-34(28-38)33-14-5-3-6-15-33/h3-32H,1-2H3. The van der Waals surface area contributed by atoms with Gasteiger partial charge in [0.1, 0.15) is 0 Å². The molecule has 0 atom stereocenters. The van der Waals surface area contributed by atoms with Crippen LogP contribution in [0.2, 0.25) is 0 Å². The maximum atomic E-state index is 2.48. The van der Waals surface area contributed by atoms with E-state index in [9.17, 15) is 0 Å². The zero-order chi connectivity index (χ0) is 35.3. The van der Waals surface area contributed by atoms with Crippen molar-refractivity contribution in [3.63, 3.8) is 0 Å². The van der Waals surface area contributed by atoms with Crippen LogP contribution in [0.25, 0.3) is 88.4 Å². The molecule has 0 unspecified atom stereocenters. The van der Waals surface area contributed by atoms with E-state index in [2.05, 4.69) is 205 Å². The summed E-state index contributed by atoms with van der Waals surface area (Å²) in [5, 5.41) is 5.08. The summed E-state index contributed by atoms with van der Waals surface area (Å²) in [5.74, 6) is 0. The first kappa shape index (κ1) is 30.0. The van der Waals surface area contributed by atoms with E-state index in [-0.39, 0.29) is 5.41 Å². The molecule has 0 saturated heterocycles. The Morgan fingerprint density at radius 3 is 1.64 bits per heavy atom. The molecular formula is C51H36N2. The lowest BCUT2D eigenvalue weighted by molar-refractivity contribution is 0.661. The molecule has 0 aliphatic heterocycles. The Hall–Kier alpha value is -6.64. The number of fused-ring (bicyclic) bond motifs is 9. The molecule has 0 saturated carbocycles. The number of rotatable bonds is 4. The molecule has 2 heterocycles. The van der Waals surface area contributed by atoms with Crippen LogP contribution >= 0.6 is 0 Å². The van der Waals surface area contributed by atoms with Gasteiger partial charge in [0.15, 0.2) is 0 Å². The second-order valence-corrected chi connectivity index (χ2v) is 15.0. The molecule has 53 heavy (non-hydrogen) atoms. The highest BCUT2D eigenvalue weighted by molar-refractivity contribution is 6.14. The lowest BCUT2D eigenvalue weighted by Crippen LogP contribution is -2.14. The molecule has 250 valence electrons. The minimum atomic E-state index is -0.0707. The van der Waals surface area contributed by atoms with Crippen molar-refractivity contribution in [2.75, 3.05) is 0 Å². The van der Waals surface area contributed by atoms with Crippen molar-refractivity contribution in [2.45, 2.75) is 19.3 Å². The van der Waals surface area contributed by atoms with Crippen molar-refractivity contribution in [2.24, 2.45) is 0 Å². The predicted molar refractivity (Wildman–Crippen MR) is 224 cm³/mol. The van der Waals surface area contributed by atoms with Crippen LogP contribution in [-0.2, 0) is 5.41 Å². The number of para-hydroxylation sites is 2. The molecule has 0 amide bonds.